The number of aliphatic hydroxyl groups excluding tert-OH is 1. The number of nitrogens with zero attached hydrogens (tertiary/aromatic N) is 2. The Hall–Kier alpha value is -2.91. The molecule has 1 atom stereocenters. The topological polar surface area (TPSA) is 104 Å². The maximum Gasteiger partial charge on any atom is 0.226 e. The van der Waals surface area contributed by atoms with E-state index in [9.17, 15) is 23.8 Å². The molecule has 3 rings (SSSR count). The fourth-order valence-electron chi connectivity index (χ4n) is 3.45. The second-order valence-electron chi connectivity index (χ2n) is 7.58. The zero-order valence-corrected chi connectivity index (χ0v) is 16.9. The molecule has 160 valence electrons. The molecule has 2 aromatic rings. The highest BCUT2D eigenvalue weighted by Crippen LogP contribution is 2.27. The molecule has 0 radical (unpaired) electrons. The van der Waals surface area contributed by atoms with E-state index in [1.54, 1.807) is 6.07 Å². The first-order valence-corrected chi connectivity index (χ1v) is 9.32. The van der Waals surface area contributed by atoms with Gasteiger partial charge in [0, 0.05) is 0 Å². The molecule has 2 heterocycles. The van der Waals surface area contributed by atoms with Crippen molar-refractivity contribution in [2.24, 2.45) is 4.99 Å². The van der Waals surface area contributed by atoms with Gasteiger partial charge in [0.05, 0.1) is 55.3 Å². The van der Waals surface area contributed by atoms with Gasteiger partial charge in [-0.1, -0.05) is 6.07 Å². The Balaban J connectivity index is 1.82. The molecule has 0 unspecified atom stereocenters. The highest BCUT2D eigenvalue weighted by atomic mass is 19.2. The van der Waals surface area contributed by atoms with E-state index in [1.807, 2.05) is 0 Å². The number of benzene rings is 1. The van der Waals surface area contributed by atoms with Crippen LogP contribution in [0.1, 0.15) is 48.0 Å². The zero-order chi connectivity index (χ0) is 22.1. The highest BCUT2D eigenvalue weighted by molar-refractivity contribution is 5.98. The summed E-state index contributed by atoms with van der Waals surface area (Å²) in [5.41, 5.74) is 0.957. The highest BCUT2D eigenvalue weighted by Gasteiger charge is 2.31. The van der Waals surface area contributed by atoms with Crippen LogP contribution in [0.2, 0.25) is 0 Å². The van der Waals surface area contributed by atoms with Gasteiger partial charge in [0.2, 0.25) is 11.8 Å². The Morgan fingerprint density at radius 1 is 1.30 bits per heavy atom. The molecule has 0 saturated carbocycles. The lowest BCUT2D eigenvalue weighted by Crippen LogP contribution is -2.42. The molecule has 0 bridgehead atoms. The van der Waals surface area contributed by atoms with E-state index in [1.165, 1.54) is 27.0 Å². The Labute approximate surface area is 172 Å². The minimum Gasteiger partial charge on any atom is -0.481 e. The predicted molar refractivity (Wildman–Crippen MR) is 105 cm³/mol. The third-order valence-corrected chi connectivity index (χ3v) is 4.81. The molecule has 3 N–H and O–H groups in total. The molecular formula is C21H23F2N3O4. The van der Waals surface area contributed by atoms with Crippen LogP contribution in [-0.4, -0.2) is 39.7 Å². The lowest BCUT2D eigenvalue weighted by molar-refractivity contribution is -0.123. The molecule has 1 amide bonds. The van der Waals surface area contributed by atoms with Gasteiger partial charge in [-0.05, 0) is 43.2 Å². The summed E-state index contributed by atoms with van der Waals surface area (Å²) in [6.45, 7) is 2.92. The Bertz CT molecular complexity index is 1000. The summed E-state index contributed by atoms with van der Waals surface area (Å²) in [6.07, 6.45) is -0.140. The Kier molecular flexibility index (Phi) is 6.14. The van der Waals surface area contributed by atoms with Gasteiger partial charge in [0.25, 0.3) is 0 Å². The van der Waals surface area contributed by atoms with Crippen molar-refractivity contribution < 1.29 is 28.5 Å². The summed E-state index contributed by atoms with van der Waals surface area (Å²) in [6, 6.07) is 3.93. The Morgan fingerprint density at radius 3 is 2.63 bits per heavy atom. The van der Waals surface area contributed by atoms with E-state index in [2.05, 4.69) is 15.3 Å². The minimum absolute atomic E-state index is 0.140. The summed E-state index contributed by atoms with van der Waals surface area (Å²) in [7, 11) is 1.48. The summed E-state index contributed by atoms with van der Waals surface area (Å²) in [5.74, 6) is -2.18. The van der Waals surface area contributed by atoms with Gasteiger partial charge in [-0.15, -0.1) is 0 Å². The molecule has 0 aliphatic carbocycles. The van der Waals surface area contributed by atoms with Crippen molar-refractivity contribution in [1.82, 2.24) is 10.3 Å². The predicted octanol–water partition coefficient (Wildman–Crippen LogP) is 1.93. The van der Waals surface area contributed by atoms with Crippen LogP contribution in [0, 0.1) is 11.6 Å². The molecule has 0 fully saturated rings. The smallest absolute Gasteiger partial charge is 0.226 e. The number of aromatic nitrogens is 1. The van der Waals surface area contributed by atoms with E-state index in [4.69, 9.17) is 4.74 Å². The van der Waals surface area contributed by atoms with Crippen molar-refractivity contribution in [2.75, 3.05) is 7.11 Å². The molecule has 9 heteroatoms. The van der Waals surface area contributed by atoms with Crippen LogP contribution in [0.15, 0.2) is 29.3 Å². The molecule has 1 aliphatic heterocycles. The maximum absolute atomic E-state index is 13.7. The van der Waals surface area contributed by atoms with E-state index in [0.717, 1.165) is 17.7 Å². The van der Waals surface area contributed by atoms with Crippen LogP contribution < -0.4 is 5.32 Å². The summed E-state index contributed by atoms with van der Waals surface area (Å²) < 4.78 is 32.1. The number of aliphatic imine (C=N–C) groups is 1. The molecule has 0 saturated heterocycles. The van der Waals surface area contributed by atoms with Gasteiger partial charge in [-0.25, -0.2) is 13.8 Å². The number of hydrogen-bond acceptors (Lipinski definition) is 6. The largest absolute Gasteiger partial charge is 0.481 e. The number of aliphatic hydroxyl groups is 2. The number of rotatable bonds is 6. The van der Waals surface area contributed by atoms with Crippen molar-refractivity contribution in [3.63, 3.8) is 0 Å². The van der Waals surface area contributed by atoms with Crippen LogP contribution in [0.4, 0.5) is 8.78 Å². The number of amides is 1. The van der Waals surface area contributed by atoms with E-state index >= 15 is 0 Å². The van der Waals surface area contributed by atoms with E-state index in [-0.39, 0.29) is 18.6 Å². The van der Waals surface area contributed by atoms with Crippen molar-refractivity contribution in [1.29, 1.82) is 0 Å². The number of halogens is 2. The third kappa shape index (κ3) is 4.47. The fourth-order valence-corrected chi connectivity index (χ4v) is 3.45. The molecule has 1 aliphatic rings. The summed E-state index contributed by atoms with van der Waals surface area (Å²) in [5, 5.41) is 22.8. The van der Waals surface area contributed by atoms with Crippen LogP contribution >= 0.6 is 0 Å². The van der Waals surface area contributed by atoms with Gasteiger partial charge in [0.15, 0.2) is 11.6 Å². The van der Waals surface area contributed by atoms with Gasteiger partial charge in [-0.3, -0.25) is 9.78 Å². The van der Waals surface area contributed by atoms with Gasteiger partial charge in [0.1, 0.15) is 0 Å². The van der Waals surface area contributed by atoms with Gasteiger partial charge < -0.3 is 20.3 Å². The number of hydrogen-bond donors (Lipinski definition) is 3. The van der Waals surface area contributed by atoms with Crippen LogP contribution in [-0.2, 0) is 29.1 Å². The molecule has 7 nitrogen and oxygen atoms in total. The van der Waals surface area contributed by atoms with Crippen LogP contribution in [0.25, 0.3) is 0 Å². The average molecular weight is 419 g/mol. The number of pyridine rings is 1. The average Bonchev–Trinajstić information content (AvgIpc) is 3.10. The molecule has 30 heavy (non-hydrogen) atoms. The first-order chi connectivity index (χ1) is 14.1. The number of fused-ring (bicyclic) bond motifs is 1. The number of nitrogens with one attached hydrogen (secondary N) is 1. The molecule has 1 aromatic heterocycles. The normalized spacial score (nSPS) is 14.2. The van der Waals surface area contributed by atoms with Crippen LogP contribution in [0.3, 0.4) is 0 Å². The number of ether oxygens (including phenoxy) is 1. The standard InChI is InChI=1S/C21H23F2N3O4/c1-21(2,29)19(11-4-5-14(22)15(23)7-11)26-17(28)8-13-6-12-9-24-20(30-3)18(12)16(10-27)25-13/h4-7,19,27,29H,8-10H2,1-3H3,(H,26,28)/t19-/m0/s1. The monoisotopic (exact) mass is 419 g/mol. The van der Waals surface area contributed by atoms with Crippen molar-refractivity contribution in [3.05, 3.63) is 64.0 Å². The Morgan fingerprint density at radius 2 is 2.03 bits per heavy atom. The fraction of sp³-hybridized carbons (Fsp3) is 0.381. The zero-order valence-electron chi connectivity index (χ0n) is 16.9. The number of methoxy groups -OCH3 is 1. The van der Waals surface area contributed by atoms with E-state index in [0.29, 0.717) is 29.4 Å². The van der Waals surface area contributed by atoms with Crippen molar-refractivity contribution >= 4 is 11.8 Å². The SMILES string of the molecule is COC1=NCc2cc(CC(=O)N[C@@H](c3ccc(F)c(F)c3)C(C)(C)O)nc(CO)c21. The first kappa shape index (κ1) is 21.8. The van der Waals surface area contributed by atoms with Gasteiger partial charge >= 0.3 is 0 Å². The van der Waals surface area contributed by atoms with Crippen molar-refractivity contribution in [3.8, 4) is 0 Å². The second-order valence-corrected chi connectivity index (χ2v) is 7.58. The van der Waals surface area contributed by atoms with Crippen molar-refractivity contribution in [2.45, 2.75) is 45.1 Å². The first-order valence-electron chi connectivity index (χ1n) is 9.32. The maximum atomic E-state index is 13.7. The molecular weight excluding hydrogens is 396 g/mol. The minimum atomic E-state index is -1.44. The third-order valence-electron chi connectivity index (χ3n) is 4.81. The molecule has 0 spiro atoms. The number of carbonyl (C=O) groups excluding carboxylic acids is 1. The summed E-state index contributed by atoms with van der Waals surface area (Å²) >= 11 is 0. The van der Waals surface area contributed by atoms with Crippen LogP contribution in [0.5, 0.6) is 0 Å². The van der Waals surface area contributed by atoms with Gasteiger partial charge in [-0.2, -0.15) is 0 Å². The summed E-state index contributed by atoms with van der Waals surface area (Å²) in [4.78, 5) is 21.2. The second kappa shape index (κ2) is 8.45. The molecule has 1 aromatic carbocycles. The number of carbonyl (C=O) groups is 1. The lowest BCUT2D eigenvalue weighted by atomic mass is 9.91. The quantitative estimate of drug-likeness (QED) is 0.664. The lowest BCUT2D eigenvalue weighted by Gasteiger charge is -2.30. The van der Waals surface area contributed by atoms with E-state index < -0.39 is 29.2 Å².